The average Bonchev–Trinajstić information content (AvgIpc) is 2.68. The van der Waals surface area contributed by atoms with Gasteiger partial charge in [-0.3, -0.25) is 11.3 Å². The van der Waals surface area contributed by atoms with Crippen LogP contribution in [0.25, 0.3) is 0 Å². The number of aryl methyl sites for hydroxylation is 1. The number of nitrogens with two attached hydrogens (primary N) is 1. The van der Waals surface area contributed by atoms with Crippen LogP contribution >= 0.6 is 11.3 Å². The summed E-state index contributed by atoms with van der Waals surface area (Å²) in [7, 11) is 0. The first-order valence-electron chi connectivity index (χ1n) is 5.39. The summed E-state index contributed by atoms with van der Waals surface area (Å²) in [4.78, 5) is 0. The van der Waals surface area contributed by atoms with Gasteiger partial charge in [0.05, 0.1) is 12.6 Å². The van der Waals surface area contributed by atoms with Crippen molar-refractivity contribution in [3.8, 4) is 0 Å². The second kappa shape index (κ2) is 5.07. The zero-order valence-electron chi connectivity index (χ0n) is 9.03. The van der Waals surface area contributed by atoms with Crippen LogP contribution in [0.3, 0.4) is 0 Å². The van der Waals surface area contributed by atoms with Crippen LogP contribution in [0.15, 0.2) is 10.8 Å². The second-order valence-electron chi connectivity index (χ2n) is 4.13. The van der Waals surface area contributed by atoms with Gasteiger partial charge < -0.3 is 4.74 Å². The maximum Gasteiger partial charge on any atom is 0.0520 e. The first-order chi connectivity index (χ1) is 7.33. The second-order valence-corrected chi connectivity index (χ2v) is 4.88. The van der Waals surface area contributed by atoms with Gasteiger partial charge in [-0.15, -0.1) is 0 Å². The Morgan fingerprint density at radius 3 is 3.00 bits per heavy atom. The quantitative estimate of drug-likeness (QED) is 0.612. The molecular weight excluding hydrogens is 208 g/mol. The first-order valence-corrected chi connectivity index (χ1v) is 6.33. The highest BCUT2D eigenvalue weighted by molar-refractivity contribution is 7.08. The molecule has 1 saturated heterocycles. The number of nitrogens with one attached hydrogen (secondary N) is 1. The molecule has 1 aliphatic rings. The van der Waals surface area contributed by atoms with Gasteiger partial charge in [0.2, 0.25) is 0 Å². The Hall–Kier alpha value is -0.420. The Balaban J connectivity index is 2.12. The summed E-state index contributed by atoms with van der Waals surface area (Å²) < 4.78 is 5.51. The van der Waals surface area contributed by atoms with E-state index in [9.17, 15) is 0 Å². The molecule has 4 heteroatoms. The Bertz CT molecular complexity index is 307. The standard InChI is InChI=1S/C11H18N2OS/c1-8-6-15-7-10(8)11(13-12)9-3-2-4-14-5-9/h6-7,9,11,13H,2-5,12H2,1H3. The number of rotatable bonds is 3. The molecule has 1 fully saturated rings. The third kappa shape index (κ3) is 2.39. The smallest absolute Gasteiger partial charge is 0.0520 e. The summed E-state index contributed by atoms with van der Waals surface area (Å²) in [6.45, 7) is 3.86. The van der Waals surface area contributed by atoms with Crippen molar-refractivity contribution in [3.63, 3.8) is 0 Å². The third-order valence-electron chi connectivity index (χ3n) is 3.08. The van der Waals surface area contributed by atoms with Gasteiger partial charge in [-0.2, -0.15) is 11.3 Å². The van der Waals surface area contributed by atoms with Gasteiger partial charge in [0.15, 0.2) is 0 Å². The van der Waals surface area contributed by atoms with Crippen LogP contribution < -0.4 is 11.3 Å². The molecule has 0 spiro atoms. The lowest BCUT2D eigenvalue weighted by Crippen LogP contribution is -2.37. The monoisotopic (exact) mass is 226 g/mol. The molecule has 2 heterocycles. The van der Waals surface area contributed by atoms with E-state index in [-0.39, 0.29) is 6.04 Å². The van der Waals surface area contributed by atoms with Gasteiger partial charge in [-0.25, -0.2) is 0 Å². The molecule has 0 radical (unpaired) electrons. The van der Waals surface area contributed by atoms with Crippen LogP contribution in [-0.4, -0.2) is 13.2 Å². The minimum atomic E-state index is 0.247. The molecular formula is C11H18N2OS. The van der Waals surface area contributed by atoms with Gasteiger partial charge >= 0.3 is 0 Å². The summed E-state index contributed by atoms with van der Waals surface area (Å²) >= 11 is 1.74. The van der Waals surface area contributed by atoms with Crippen molar-refractivity contribution in [2.75, 3.05) is 13.2 Å². The van der Waals surface area contributed by atoms with Crippen LogP contribution in [-0.2, 0) is 4.74 Å². The van der Waals surface area contributed by atoms with Crippen molar-refractivity contribution >= 4 is 11.3 Å². The van der Waals surface area contributed by atoms with Gasteiger partial charge in [0, 0.05) is 12.5 Å². The molecule has 2 atom stereocenters. The highest BCUT2D eigenvalue weighted by Crippen LogP contribution is 2.31. The molecule has 84 valence electrons. The van der Waals surface area contributed by atoms with Gasteiger partial charge in [0.25, 0.3) is 0 Å². The summed E-state index contributed by atoms with van der Waals surface area (Å²) in [5, 5.41) is 4.36. The van der Waals surface area contributed by atoms with Crippen molar-refractivity contribution in [2.45, 2.75) is 25.8 Å². The number of ether oxygens (including phenoxy) is 1. The largest absolute Gasteiger partial charge is 0.381 e. The SMILES string of the molecule is Cc1cscc1C(NN)C1CCCOC1. The molecule has 15 heavy (non-hydrogen) atoms. The lowest BCUT2D eigenvalue weighted by Gasteiger charge is -2.29. The van der Waals surface area contributed by atoms with Crippen LogP contribution in [0.4, 0.5) is 0 Å². The van der Waals surface area contributed by atoms with Gasteiger partial charge in [0.1, 0.15) is 0 Å². The van der Waals surface area contributed by atoms with Gasteiger partial charge in [-0.1, -0.05) is 0 Å². The summed E-state index contributed by atoms with van der Waals surface area (Å²) in [6.07, 6.45) is 2.34. The van der Waals surface area contributed by atoms with E-state index in [4.69, 9.17) is 10.6 Å². The topological polar surface area (TPSA) is 47.3 Å². The van der Waals surface area contributed by atoms with Crippen molar-refractivity contribution in [3.05, 3.63) is 21.9 Å². The molecule has 1 aliphatic heterocycles. The van der Waals surface area contributed by atoms with E-state index in [0.717, 1.165) is 19.6 Å². The molecule has 0 amide bonds. The fraction of sp³-hybridized carbons (Fsp3) is 0.636. The number of thiophene rings is 1. The minimum absolute atomic E-state index is 0.247. The predicted octanol–water partition coefficient (Wildman–Crippen LogP) is 1.99. The molecule has 0 saturated carbocycles. The fourth-order valence-corrected chi connectivity index (χ4v) is 3.08. The van der Waals surface area contributed by atoms with Crippen molar-refractivity contribution in [1.82, 2.24) is 5.43 Å². The highest BCUT2D eigenvalue weighted by atomic mass is 32.1. The molecule has 0 aliphatic carbocycles. The van der Waals surface area contributed by atoms with E-state index >= 15 is 0 Å². The molecule has 3 N–H and O–H groups in total. The third-order valence-corrected chi connectivity index (χ3v) is 3.96. The maximum atomic E-state index is 5.66. The Kier molecular flexibility index (Phi) is 3.75. The molecule has 1 aromatic rings. The zero-order valence-corrected chi connectivity index (χ0v) is 9.85. The fourth-order valence-electron chi connectivity index (χ4n) is 2.20. The van der Waals surface area contributed by atoms with Gasteiger partial charge in [-0.05, 0) is 41.7 Å². The van der Waals surface area contributed by atoms with E-state index in [2.05, 4.69) is 23.1 Å². The Morgan fingerprint density at radius 2 is 2.47 bits per heavy atom. The van der Waals surface area contributed by atoms with Crippen LogP contribution in [0.2, 0.25) is 0 Å². The van der Waals surface area contributed by atoms with Crippen molar-refractivity contribution in [2.24, 2.45) is 11.8 Å². The maximum absolute atomic E-state index is 5.66. The van der Waals surface area contributed by atoms with E-state index in [1.54, 1.807) is 11.3 Å². The van der Waals surface area contributed by atoms with E-state index in [1.807, 2.05) is 0 Å². The first kappa shape index (κ1) is 11.1. The minimum Gasteiger partial charge on any atom is -0.381 e. The average molecular weight is 226 g/mol. The number of hydrogen-bond acceptors (Lipinski definition) is 4. The lowest BCUT2D eigenvalue weighted by atomic mass is 9.89. The van der Waals surface area contributed by atoms with Crippen LogP contribution in [0, 0.1) is 12.8 Å². The Labute approximate surface area is 94.6 Å². The number of hydrogen-bond donors (Lipinski definition) is 2. The normalized spacial score (nSPS) is 24.0. The van der Waals surface area contributed by atoms with Crippen LogP contribution in [0.5, 0.6) is 0 Å². The summed E-state index contributed by atoms with van der Waals surface area (Å²) in [5.41, 5.74) is 5.60. The lowest BCUT2D eigenvalue weighted by molar-refractivity contribution is 0.0390. The molecule has 0 aromatic carbocycles. The molecule has 2 unspecified atom stereocenters. The van der Waals surface area contributed by atoms with E-state index < -0.39 is 0 Å². The van der Waals surface area contributed by atoms with Crippen molar-refractivity contribution < 1.29 is 4.74 Å². The Morgan fingerprint density at radius 1 is 1.60 bits per heavy atom. The van der Waals surface area contributed by atoms with Crippen LogP contribution in [0.1, 0.15) is 30.0 Å². The molecule has 0 bridgehead atoms. The molecule has 2 rings (SSSR count). The summed E-state index contributed by atoms with van der Waals surface area (Å²) in [6, 6.07) is 0.247. The van der Waals surface area contributed by atoms with Crippen molar-refractivity contribution in [1.29, 1.82) is 0 Å². The highest BCUT2D eigenvalue weighted by Gasteiger charge is 2.26. The predicted molar refractivity (Wildman–Crippen MR) is 62.7 cm³/mol. The number of hydrazine groups is 1. The van der Waals surface area contributed by atoms with E-state index in [1.165, 1.54) is 17.5 Å². The molecule has 3 nitrogen and oxygen atoms in total. The van der Waals surface area contributed by atoms with E-state index in [0.29, 0.717) is 5.92 Å². The molecule has 1 aromatic heterocycles. The summed E-state index contributed by atoms with van der Waals surface area (Å²) in [5.74, 6) is 6.17. The zero-order chi connectivity index (χ0) is 10.7.